The van der Waals surface area contributed by atoms with E-state index in [4.69, 9.17) is 4.99 Å². The molecule has 8 bridgehead atoms. The van der Waals surface area contributed by atoms with Crippen molar-refractivity contribution in [2.45, 2.75) is 33.7 Å². The van der Waals surface area contributed by atoms with Crippen LogP contribution in [0.5, 0.6) is 0 Å². The molecule has 0 radical (unpaired) electrons. The number of fused-ring (bicyclic) bond motifs is 7. The average Bonchev–Trinajstić information content (AvgIpc) is 3.99. The van der Waals surface area contributed by atoms with E-state index in [1.54, 1.807) is 0 Å². The molecule has 0 aliphatic carbocycles. The predicted octanol–water partition coefficient (Wildman–Crippen LogP) is 8.75. The predicted molar refractivity (Wildman–Crippen MR) is 215 cm³/mol. The van der Waals surface area contributed by atoms with Crippen molar-refractivity contribution in [2.75, 3.05) is 0 Å². The van der Waals surface area contributed by atoms with Gasteiger partial charge in [0.1, 0.15) is 0 Å². The summed E-state index contributed by atoms with van der Waals surface area (Å²) in [5.74, 6) is 0. The average molecular weight is 673 g/mol. The standard InChI is InChI=1S/C48H40N4/c1-29-5-13-33(14-6-29)45-37-21-23-39(49-37)46(34-15-7-30(2)8-16-34)41-25-27-43(51-41)48(36-19-11-32(4)12-20-36)44-28-26-42(52-44)47(40-24-22-38(45)50-40)35-17-9-31(3)10-18-35/h5-28,37,49-50,52H,1-4H3/b45-38-,46-39-,47-40-,48-43-. The topological polar surface area (TPSA) is 56.0 Å². The summed E-state index contributed by atoms with van der Waals surface area (Å²) >= 11 is 0. The lowest BCUT2D eigenvalue weighted by Crippen LogP contribution is -2.30. The van der Waals surface area contributed by atoms with Gasteiger partial charge in [0.2, 0.25) is 0 Å². The van der Waals surface area contributed by atoms with E-state index in [0.29, 0.717) is 0 Å². The summed E-state index contributed by atoms with van der Waals surface area (Å²) < 4.78 is 0. The Bertz CT molecular complexity index is 2630. The number of benzene rings is 4. The number of aryl methyl sites for hydroxylation is 4. The van der Waals surface area contributed by atoms with Crippen LogP contribution in [0, 0.1) is 27.7 Å². The van der Waals surface area contributed by atoms with Crippen LogP contribution in [0.2, 0.25) is 0 Å². The van der Waals surface area contributed by atoms with Gasteiger partial charge in [-0.2, -0.15) is 0 Å². The van der Waals surface area contributed by atoms with Crippen molar-refractivity contribution in [1.82, 2.24) is 15.3 Å². The molecule has 4 heteroatoms. The largest absolute Gasteiger partial charge is 0.374 e. The van der Waals surface area contributed by atoms with Gasteiger partial charge in [-0.1, -0.05) is 125 Å². The quantitative estimate of drug-likeness (QED) is 0.172. The Labute approximate surface area is 304 Å². The van der Waals surface area contributed by atoms with E-state index in [1.165, 1.54) is 33.4 Å². The summed E-state index contributed by atoms with van der Waals surface area (Å²) in [7, 11) is 0. The molecule has 3 aliphatic rings. The number of aliphatic imine (C=N–C) groups is 1. The van der Waals surface area contributed by atoms with Crippen molar-refractivity contribution in [3.05, 3.63) is 224 Å². The highest BCUT2D eigenvalue weighted by Crippen LogP contribution is 2.35. The van der Waals surface area contributed by atoms with Crippen LogP contribution in [0.3, 0.4) is 0 Å². The highest BCUT2D eigenvalue weighted by atomic mass is 15.0. The third-order valence-electron chi connectivity index (χ3n) is 10.4. The van der Waals surface area contributed by atoms with E-state index < -0.39 is 0 Å². The van der Waals surface area contributed by atoms with Crippen LogP contribution in [-0.2, 0) is 0 Å². The van der Waals surface area contributed by atoms with Crippen LogP contribution in [-0.4, -0.2) is 21.7 Å². The van der Waals surface area contributed by atoms with E-state index >= 15 is 0 Å². The maximum Gasteiger partial charge on any atom is 0.0737 e. The molecule has 0 saturated carbocycles. The first-order valence-corrected chi connectivity index (χ1v) is 18.0. The van der Waals surface area contributed by atoms with Crippen LogP contribution >= 0.6 is 0 Å². The monoisotopic (exact) mass is 672 g/mol. The number of aromatic amines is 2. The molecule has 0 spiro atoms. The number of aromatic nitrogens is 2. The number of allylic oxidation sites excluding steroid dienone is 4. The van der Waals surface area contributed by atoms with Gasteiger partial charge in [0.25, 0.3) is 0 Å². The summed E-state index contributed by atoms with van der Waals surface area (Å²) in [6, 6.07) is 44.0. The van der Waals surface area contributed by atoms with Crippen molar-refractivity contribution >= 4 is 28.0 Å². The molecule has 2 aromatic heterocycles. The van der Waals surface area contributed by atoms with Gasteiger partial charge in [-0.05, 0) is 92.4 Å². The van der Waals surface area contributed by atoms with Gasteiger partial charge in [-0.3, -0.25) is 0 Å². The molecule has 4 nitrogen and oxygen atoms in total. The Morgan fingerprint density at radius 3 is 1.54 bits per heavy atom. The number of nitrogens with zero attached hydrogens (tertiary/aromatic N) is 1. The van der Waals surface area contributed by atoms with Gasteiger partial charge < -0.3 is 15.3 Å². The summed E-state index contributed by atoms with van der Waals surface area (Å²) in [5.41, 5.74) is 18.9. The molecule has 52 heavy (non-hydrogen) atoms. The summed E-state index contributed by atoms with van der Waals surface area (Å²) in [5, 5.41) is 6.07. The first-order chi connectivity index (χ1) is 25.4. The van der Waals surface area contributed by atoms with Crippen molar-refractivity contribution in [3.63, 3.8) is 0 Å². The van der Waals surface area contributed by atoms with Crippen LogP contribution in [0.1, 0.15) is 55.9 Å². The lowest BCUT2D eigenvalue weighted by Gasteiger charge is -2.19. The van der Waals surface area contributed by atoms with E-state index in [0.717, 1.165) is 72.6 Å². The maximum atomic E-state index is 5.43. The van der Waals surface area contributed by atoms with Crippen LogP contribution in [0.4, 0.5) is 0 Å². The number of hydrogen-bond acceptors (Lipinski definition) is 2. The van der Waals surface area contributed by atoms with Crippen LogP contribution in [0.15, 0.2) is 162 Å². The Balaban J connectivity index is 1.37. The Hall–Kier alpha value is -6.39. The number of rotatable bonds is 4. The molecule has 9 rings (SSSR count). The van der Waals surface area contributed by atoms with Crippen molar-refractivity contribution in [1.29, 1.82) is 0 Å². The fourth-order valence-electron chi connectivity index (χ4n) is 7.54. The van der Waals surface area contributed by atoms with E-state index in [2.05, 4.69) is 189 Å². The van der Waals surface area contributed by atoms with Gasteiger partial charge in [-0.15, -0.1) is 0 Å². The third-order valence-corrected chi connectivity index (χ3v) is 10.4. The highest BCUT2D eigenvalue weighted by Gasteiger charge is 2.26. The lowest BCUT2D eigenvalue weighted by atomic mass is 9.97. The lowest BCUT2D eigenvalue weighted by molar-refractivity contribution is 0.857. The first-order valence-electron chi connectivity index (χ1n) is 18.0. The van der Waals surface area contributed by atoms with E-state index in [-0.39, 0.29) is 6.04 Å². The summed E-state index contributed by atoms with van der Waals surface area (Å²) in [6.07, 6.45) is 8.85. The second kappa shape index (κ2) is 12.7. The first kappa shape index (κ1) is 31.6. The van der Waals surface area contributed by atoms with Crippen LogP contribution < -0.4 is 16.0 Å². The molecule has 0 saturated heterocycles. The van der Waals surface area contributed by atoms with Gasteiger partial charge >= 0.3 is 0 Å². The second-order valence-electron chi connectivity index (χ2n) is 14.2. The van der Waals surface area contributed by atoms with Crippen molar-refractivity contribution < 1.29 is 0 Å². The molecule has 0 fully saturated rings. The normalized spacial score (nSPS) is 21.4. The van der Waals surface area contributed by atoms with Gasteiger partial charge in [0.05, 0.1) is 17.5 Å². The minimum atomic E-state index is -0.0680. The SMILES string of the molecule is Cc1ccc(/C2=C3\C=CC(N3)/C(c3ccc(C)cc3)=c3/cc/c([nH]3)=C(\c3ccc(C)cc3)c3ccc([nH]3)/C(c3ccc(C)cc3)=C3/C=CC2=N3)cc1. The Morgan fingerprint density at radius 1 is 0.442 bits per heavy atom. The minimum Gasteiger partial charge on any atom is -0.374 e. The number of H-pyrrole nitrogens is 2. The van der Waals surface area contributed by atoms with E-state index in [9.17, 15) is 0 Å². The molecule has 252 valence electrons. The molecule has 1 unspecified atom stereocenters. The molecule has 6 aromatic rings. The van der Waals surface area contributed by atoms with E-state index in [1.807, 2.05) is 0 Å². The molecule has 3 aliphatic heterocycles. The molecular formula is C48H40N4. The van der Waals surface area contributed by atoms with Crippen molar-refractivity contribution in [3.8, 4) is 0 Å². The van der Waals surface area contributed by atoms with Gasteiger partial charge in [0.15, 0.2) is 0 Å². The smallest absolute Gasteiger partial charge is 0.0737 e. The molecule has 5 heterocycles. The second-order valence-corrected chi connectivity index (χ2v) is 14.2. The molecule has 0 amide bonds. The molecule has 1 atom stereocenters. The highest BCUT2D eigenvalue weighted by molar-refractivity contribution is 6.32. The van der Waals surface area contributed by atoms with Gasteiger partial charge in [0, 0.05) is 50.1 Å². The summed E-state index contributed by atoms with van der Waals surface area (Å²) in [4.78, 5) is 13.2. The third kappa shape index (κ3) is 5.72. The fourth-order valence-corrected chi connectivity index (χ4v) is 7.54. The fraction of sp³-hybridized carbons (Fsp3) is 0.104. The van der Waals surface area contributed by atoms with Crippen LogP contribution in [0.25, 0.3) is 22.3 Å². The number of nitrogens with one attached hydrogen (secondary N) is 3. The molecule has 3 N–H and O–H groups in total. The molecular weight excluding hydrogens is 633 g/mol. The zero-order chi connectivity index (χ0) is 35.3. The Kier molecular flexibility index (Phi) is 7.74. The molecule has 4 aromatic carbocycles. The minimum absolute atomic E-state index is 0.0680. The zero-order valence-electron chi connectivity index (χ0n) is 29.9. The number of hydrogen-bond donors (Lipinski definition) is 3. The Morgan fingerprint density at radius 2 is 0.942 bits per heavy atom. The summed E-state index contributed by atoms with van der Waals surface area (Å²) in [6.45, 7) is 8.53. The maximum absolute atomic E-state index is 5.43. The van der Waals surface area contributed by atoms with Gasteiger partial charge in [-0.25, -0.2) is 4.99 Å². The van der Waals surface area contributed by atoms with Crippen molar-refractivity contribution in [2.24, 2.45) is 4.99 Å². The zero-order valence-corrected chi connectivity index (χ0v) is 29.9.